The van der Waals surface area contributed by atoms with Crippen molar-refractivity contribution in [1.29, 1.82) is 0 Å². The Morgan fingerprint density at radius 2 is 2.14 bits per heavy atom. The molecule has 0 aliphatic carbocycles. The van der Waals surface area contributed by atoms with Crippen molar-refractivity contribution in [1.82, 2.24) is 20.2 Å². The van der Waals surface area contributed by atoms with Crippen molar-refractivity contribution in [3.8, 4) is 17.1 Å². The Hall–Kier alpha value is -1.91. The summed E-state index contributed by atoms with van der Waals surface area (Å²) >= 11 is 0. The fourth-order valence-corrected chi connectivity index (χ4v) is 1.19. The zero-order valence-corrected chi connectivity index (χ0v) is 7.97. The summed E-state index contributed by atoms with van der Waals surface area (Å²) in [6.07, 6.45) is 0. The van der Waals surface area contributed by atoms with Crippen molar-refractivity contribution < 1.29 is 5.11 Å². The second-order valence-electron chi connectivity index (χ2n) is 3.10. The summed E-state index contributed by atoms with van der Waals surface area (Å²) in [6.45, 7) is 1.83. The van der Waals surface area contributed by atoms with E-state index in [1.54, 1.807) is 19.2 Å². The van der Waals surface area contributed by atoms with Crippen LogP contribution < -0.4 is 0 Å². The Bertz CT molecular complexity index is 464. The molecule has 1 N–H and O–H groups in total. The third-order valence-electron chi connectivity index (χ3n) is 1.96. The van der Waals surface area contributed by atoms with Crippen LogP contribution in [-0.4, -0.2) is 25.3 Å². The predicted molar refractivity (Wildman–Crippen MR) is 50.6 cm³/mol. The lowest BCUT2D eigenvalue weighted by Gasteiger charge is -1.99. The molecule has 0 aliphatic heterocycles. The van der Waals surface area contributed by atoms with E-state index in [9.17, 15) is 5.11 Å². The molecule has 0 aliphatic rings. The summed E-state index contributed by atoms with van der Waals surface area (Å²) < 4.78 is 0. The summed E-state index contributed by atoms with van der Waals surface area (Å²) in [5.41, 5.74) is 1.66. The number of aromatic hydroxyl groups is 1. The van der Waals surface area contributed by atoms with E-state index in [1.165, 1.54) is 4.80 Å². The normalized spacial score (nSPS) is 10.4. The number of aryl methyl sites for hydroxylation is 2. The number of phenolic OH excluding ortho intramolecular Hbond substituents is 1. The first-order chi connectivity index (χ1) is 6.66. The van der Waals surface area contributed by atoms with Crippen molar-refractivity contribution in [2.75, 3.05) is 0 Å². The number of nitrogens with zero attached hydrogens (tertiary/aromatic N) is 4. The molecule has 14 heavy (non-hydrogen) atoms. The van der Waals surface area contributed by atoms with Crippen LogP contribution in [0.2, 0.25) is 0 Å². The monoisotopic (exact) mass is 190 g/mol. The highest BCUT2D eigenvalue weighted by atomic mass is 16.3. The van der Waals surface area contributed by atoms with Crippen molar-refractivity contribution in [2.45, 2.75) is 6.92 Å². The molecule has 1 aromatic heterocycles. The molecule has 2 rings (SSSR count). The quantitative estimate of drug-likeness (QED) is 0.725. The number of rotatable bonds is 1. The predicted octanol–water partition coefficient (Wildman–Crippen LogP) is 0.891. The van der Waals surface area contributed by atoms with Gasteiger partial charge in [0.2, 0.25) is 5.82 Å². The van der Waals surface area contributed by atoms with Gasteiger partial charge < -0.3 is 5.11 Å². The highest BCUT2D eigenvalue weighted by molar-refractivity contribution is 5.57. The van der Waals surface area contributed by atoms with Crippen molar-refractivity contribution in [3.63, 3.8) is 0 Å². The molecule has 5 heteroatoms. The minimum Gasteiger partial charge on any atom is -0.508 e. The maximum Gasteiger partial charge on any atom is 0.204 e. The number of aromatic nitrogens is 4. The molecule has 0 unspecified atom stereocenters. The van der Waals surface area contributed by atoms with Crippen molar-refractivity contribution in [2.24, 2.45) is 7.05 Å². The van der Waals surface area contributed by atoms with Crippen LogP contribution in [0.25, 0.3) is 11.4 Å². The Balaban J connectivity index is 2.47. The van der Waals surface area contributed by atoms with E-state index in [2.05, 4.69) is 15.4 Å². The lowest BCUT2D eigenvalue weighted by molar-refractivity contribution is 0.471. The highest BCUT2D eigenvalue weighted by Gasteiger charge is 2.05. The van der Waals surface area contributed by atoms with E-state index >= 15 is 0 Å². The van der Waals surface area contributed by atoms with E-state index in [0.717, 1.165) is 11.1 Å². The van der Waals surface area contributed by atoms with Crippen LogP contribution in [-0.2, 0) is 7.05 Å². The van der Waals surface area contributed by atoms with Crippen LogP contribution in [0.3, 0.4) is 0 Å². The molecule has 0 saturated carbocycles. The van der Waals surface area contributed by atoms with Gasteiger partial charge in [-0.05, 0) is 35.9 Å². The summed E-state index contributed by atoms with van der Waals surface area (Å²) in [5.74, 6) is 0.841. The van der Waals surface area contributed by atoms with Gasteiger partial charge in [0.1, 0.15) is 5.75 Å². The molecule has 0 spiro atoms. The van der Waals surface area contributed by atoms with Gasteiger partial charge in [0.05, 0.1) is 7.05 Å². The van der Waals surface area contributed by atoms with Gasteiger partial charge in [-0.1, -0.05) is 0 Å². The first-order valence-electron chi connectivity index (χ1n) is 4.21. The molecule has 72 valence electrons. The molecule has 0 amide bonds. The molecule has 2 aromatic rings. The molecule has 0 bridgehead atoms. The van der Waals surface area contributed by atoms with E-state index in [4.69, 9.17) is 0 Å². The minimum absolute atomic E-state index is 0.276. The van der Waals surface area contributed by atoms with Gasteiger partial charge in [0.15, 0.2) is 0 Å². The first-order valence-corrected chi connectivity index (χ1v) is 4.21. The average molecular weight is 190 g/mol. The number of benzene rings is 1. The van der Waals surface area contributed by atoms with E-state index in [1.807, 2.05) is 13.0 Å². The van der Waals surface area contributed by atoms with Crippen LogP contribution in [0.4, 0.5) is 0 Å². The lowest BCUT2D eigenvalue weighted by atomic mass is 10.1. The van der Waals surface area contributed by atoms with Crippen molar-refractivity contribution >= 4 is 0 Å². The second kappa shape index (κ2) is 3.10. The van der Waals surface area contributed by atoms with Gasteiger partial charge in [0, 0.05) is 5.56 Å². The van der Waals surface area contributed by atoms with Gasteiger partial charge in [-0.2, -0.15) is 4.80 Å². The standard InChI is InChI=1S/C9H10N4O/c1-6-5-7(3-4-8(6)14)9-10-12-13(2)11-9/h3-5,14H,1-2H3. The van der Waals surface area contributed by atoms with Crippen molar-refractivity contribution in [3.05, 3.63) is 23.8 Å². The molecule has 0 fully saturated rings. The second-order valence-corrected chi connectivity index (χ2v) is 3.10. The smallest absolute Gasteiger partial charge is 0.204 e. The molecular formula is C9H10N4O. The topological polar surface area (TPSA) is 63.8 Å². The third-order valence-corrected chi connectivity index (χ3v) is 1.96. The van der Waals surface area contributed by atoms with Crippen LogP contribution in [0.15, 0.2) is 18.2 Å². The number of tetrazole rings is 1. The van der Waals surface area contributed by atoms with Crippen LogP contribution in [0.5, 0.6) is 5.75 Å². The Morgan fingerprint density at radius 1 is 1.36 bits per heavy atom. The molecule has 0 saturated heterocycles. The molecule has 1 heterocycles. The highest BCUT2D eigenvalue weighted by Crippen LogP contribution is 2.22. The fourth-order valence-electron chi connectivity index (χ4n) is 1.19. The van der Waals surface area contributed by atoms with Gasteiger partial charge in [-0.25, -0.2) is 0 Å². The number of phenols is 1. The SMILES string of the molecule is Cc1cc(-c2nnn(C)n2)ccc1O. The Labute approximate surface area is 81.0 Å². The van der Waals surface area contributed by atoms with Crippen LogP contribution >= 0.6 is 0 Å². The van der Waals surface area contributed by atoms with E-state index in [-0.39, 0.29) is 5.75 Å². The first kappa shape index (κ1) is 8.68. The van der Waals surface area contributed by atoms with Gasteiger partial charge >= 0.3 is 0 Å². The zero-order chi connectivity index (χ0) is 10.1. The van der Waals surface area contributed by atoms with Crippen LogP contribution in [0, 0.1) is 6.92 Å². The van der Waals surface area contributed by atoms with Gasteiger partial charge in [-0.3, -0.25) is 0 Å². The molecule has 0 atom stereocenters. The summed E-state index contributed by atoms with van der Waals surface area (Å²) in [7, 11) is 1.71. The van der Waals surface area contributed by atoms with E-state index < -0.39 is 0 Å². The Morgan fingerprint density at radius 3 is 2.71 bits per heavy atom. The number of hydrogen-bond acceptors (Lipinski definition) is 4. The fraction of sp³-hybridized carbons (Fsp3) is 0.222. The summed E-state index contributed by atoms with van der Waals surface area (Å²) in [6, 6.07) is 5.22. The maximum absolute atomic E-state index is 9.33. The maximum atomic E-state index is 9.33. The minimum atomic E-state index is 0.276. The summed E-state index contributed by atoms with van der Waals surface area (Å²) in [4.78, 5) is 1.40. The molecule has 5 nitrogen and oxygen atoms in total. The van der Waals surface area contributed by atoms with Gasteiger partial charge in [0.25, 0.3) is 0 Å². The third kappa shape index (κ3) is 1.44. The Kier molecular flexibility index (Phi) is 1.92. The average Bonchev–Trinajstić information content (AvgIpc) is 2.57. The lowest BCUT2D eigenvalue weighted by Crippen LogP contribution is -1.91. The largest absolute Gasteiger partial charge is 0.508 e. The summed E-state index contributed by atoms with van der Waals surface area (Å²) in [5, 5.41) is 21.0. The molecular weight excluding hydrogens is 180 g/mol. The zero-order valence-electron chi connectivity index (χ0n) is 7.97. The van der Waals surface area contributed by atoms with Crippen LogP contribution in [0.1, 0.15) is 5.56 Å². The number of hydrogen-bond donors (Lipinski definition) is 1. The molecule has 1 aromatic carbocycles. The van der Waals surface area contributed by atoms with Gasteiger partial charge in [-0.15, -0.1) is 10.2 Å². The van der Waals surface area contributed by atoms with E-state index in [0.29, 0.717) is 5.82 Å². The molecule has 0 radical (unpaired) electrons.